The molecule has 3 fully saturated rings. The van der Waals surface area contributed by atoms with Crippen molar-refractivity contribution >= 4 is 25.0 Å². The van der Waals surface area contributed by atoms with Crippen LogP contribution >= 0.6 is 0 Å². The first kappa shape index (κ1) is 30.7. The average Bonchev–Trinajstić information content (AvgIpc) is 3.27. The molecule has 6 rings (SSSR count). The Bertz CT molecular complexity index is 1450. The summed E-state index contributed by atoms with van der Waals surface area (Å²) in [6, 6.07) is 14.6. The number of phenols is 1. The molecule has 3 saturated heterocycles. The molecule has 0 bridgehead atoms. The fourth-order valence-electron chi connectivity index (χ4n) is 7.99. The number of benzene rings is 2. The van der Waals surface area contributed by atoms with Crippen LogP contribution in [0.25, 0.3) is 6.08 Å². The number of hydrogen-bond donors (Lipinski definition) is 2. The predicted molar refractivity (Wildman–Crippen MR) is 168 cm³/mol. The third-order valence-electron chi connectivity index (χ3n) is 10.1. The van der Waals surface area contributed by atoms with Crippen LogP contribution in [0.4, 0.5) is 4.39 Å². The average molecular weight is 601 g/mol. The van der Waals surface area contributed by atoms with Gasteiger partial charge in [0.2, 0.25) is 11.8 Å². The molecule has 4 aliphatic rings. The number of nitrogens with zero attached hydrogens (tertiary/aromatic N) is 2. The molecule has 4 atom stereocenters. The number of fused-ring (bicyclic) bond motifs is 3. The molecule has 0 aromatic heterocycles. The van der Waals surface area contributed by atoms with Gasteiger partial charge in [0.1, 0.15) is 0 Å². The van der Waals surface area contributed by atoms with Crippen LogP contribution in [0.2, 0.25) is 6.32 Å². The van der Waals surface area contributed by atoms with Gasteiger partial charge in [0.05, 0.1) is 17.9 Å². The Hall–Kier alpha value is -3.27. The fourth-order valence-corrected chi connectivity index (χ4v) is 7.99. The first-order valence-electron chi connectivity index (χ1n) is 16.1. The molecule has 232 valence electrons. The Morgan fingerprint density at radius 2 is 1.84 bits per heavy atom. The number of allylic oxidation sites excluding steroid dienone is 2. The Morgan fingerprint density at radius 1 is 1.09 bits per heavy atom. The number of aromatic hydroxyl groups is 1. The number of imide groups is 1. The summed E-state index contributed by atoms with van der Waals surface area (Å²) < 4.78 is 19.9. The molecule has 3 heterocycles. The summed E-state index contributed by atoms with van der Waals surface area (Å²) >= 11 is 0. The summed E-state index contributed by atoms with van der Waals surface area (Å²) in [4.78, 5) is 32.0. The van der Waals surface area contributed by atoms with Gasteiger partial charge in [-0.15, -0.1) is 0 Å². The van der Waals surface area contributed by atoms with Gasteiger partial charge in [-0.05, 0) is 86.5 Å². The van der Waals surface area contributed by atoms with E-state index in [1.807, 2.05) is 31.2 Å². The number of carbonyl (C=O) groups is 2. The second-order valence-electron chi connectivity index (χ2n) is 13.0. The highest BCUT2D eigenvalue weighted by Crippen LogP contribution is 2.52. The minimum absolute atomic E-state index is 0.0380. The molecule has 1 aliphatic carbocycles. The van der Waals surface area contributed by atoms with Crippen molar-refractivity contribution in [1.82, 2.24) is 9.80 Å². The molecular formula is C35H42BFN2O5. The van der Waals surface area contributed by atoms with Gasteiger partial charge in [-0.2, -0.15) is 0 Å². The number of piperidine rings is 1. The molecule has 0 unspecified atom stereocenters. The second kappa shape index (κ2) is 13.0. The van der Waals surface area contributed by atoms with Crippen LogP contribution in [0.1, 0.15) is 63.5 Å². The zero-order valence-electron chi connectivity index (χ0n) is 25.6. The fraction of sp³-hybridized carbons (Fsp3) is 0.486. The van der Waals surface area contributed by atoms with Crippen molar-refractivity contribution in [2.24, 2.45) is 17.8 Å². The maximum Gasteiger partial charge on any atom is 0.455 e. The van der Waals surface area contributed by atoms with Gasteiger partial charge in [-0.1, -0.05) is 60.5 Å². The van der Waals surface area contributed by atoms with Crippen molar-refractivity contribution in [2.75, 3.05) is 13.1 Å². The SMILES string of the molecule is CCC1=C2[C@@H](CC/C(C)=C/c3ccc(O)c(F)c3)OB(O)C[C@@H]2[C@@H]2C(=O)N(C3CCN(Cc4ccccc4)CC3)C(=O)[C@@H]2C1. The molecule has 2 aromatic rings. The topological polar surface area (TPSA) is 90.3 Å². The lowest BCUT2D eigenvalue weighted by Crippen LogP contribution is -2.48. The van der Waals surface area contributed by atoms with E-state index < -0.39 is 18.9 Å². The second-order valence-corrected chi connectivity index (χ2v) is 13.0. The van der Waals surface area contributed by atoms with E-state index in [0.717, 1.165) is 50.0 Å². The number of rotatable bonds is 8. The third-order valence-corrected chi connectivity index (χ3v) is 10.1. The molecule has 44 heavy (non-hydrogen) atoms. The number of hydrogen-bond acceptors (Lipinski definition) is 6. The van der Waals surface area contributed by atoms with Gasteiger partial charge in [0, 0.05) is 25.7 Å². The zero-order valence-corrected chi connectivity index (χ0v) is 25.6. The Kier molecular flexibility index (Phi) is 9.08. The van der Waals surface area contributed by atoms with E-state index in [0.29, 0.717) is 31.1 Å². The maximum absolute atomic E-state index is 14.1. The number of halogens is 1. The van der Waals surface area contributed by atoms with Crippen LogP contribution in [-0.2, 0) is 20.8 Å². The van der Waals surface area contributed by atoms with Gasteiger partial charge < -0.3 is 14.8 Å². The quantitative estimate of drug-likeness (QED) is 0.234. The summed E-state index contributed by atoms with van der Waals surface area (Å²) in [6.45, 7) is 6.62. The first-order valence-corrected chi connectivity index (χ1v) is 16.1. The van der Waals surface area contributed by atoms with Crippen molar-refractivity contribution in [3.63, 3.8) is 0 Å². The molecular weight excluding hydrogens is 558 g/mol. The summed E-state index contributed by atoms with van der Waals surface area (Å²) in [5.41, 5.74) is 5.22. The molecule has 3 aliphatic heterocycles. The summed E-state index contributed by atoms with van der Waals surface area (Å²) in [5.74, 6) is -2.19. The van der Waals surface area contributed by atoms with E-state index in [2.05, 4.69) is 24.0 Å². The van der Waals surface area contributed by atoms with Crippen molar-refractivity contribution in [3.8, 4) is 5.75 Å². The Morgan fingerprint density at radius 3 is 2.55 bits per heavy atom. The van der Waals surface area contributed by atoms with Gasteiger partial charge in [-0.3, -0.25) is 19.4 Å². The molecule has 2 N–H and O–H groups in total. The number of phenolic OH excluding ortho intramolecular Hbond substituents is 1. The highest BCUT2D eigenvalue weighted by Gasteiger charge is 2.58. The largest absolute Gasteiger partial charge is 0.505 e. The van der Waals surface area contributed by atoms with E-state index in [1.54, 1.807) is 11.0 Å². The first-order chi connectivity index (χ1) is 21.2. The lowest BCUT2D eigenvalue weighted by molar-refractivity contribution is -0.144. The molecule has 0 saturated carbocycles. The molecule has 2 aromatic carbocycles. The molecule has 0 spiro atoms. The van der Waals surface area contributed by atoms with E-state index >= 15 is 0 Å². The van der Waals surface area contributed by atoms with Crippen molar-refractivity contribution in [3.05, 3.63) is 82.2 Å². The summed E-state index contributed by atoms with van der Waals surface area (Å²) in [6.07, 6.45) is 6.01. The predicted octanol–water partition coefficient (Wildman–Crippen LogP) is 5.59. The van der Waals surface area contributed by atoms with Crippen LogP contribution in [0.15, 0.2) is 65.3 Å². The Labute approximate surface area is 259 Å². The molecule has 2 amide bonds. The zero-order chi connectivity index (χ0) is 31.0. The van der Waals surface area contributed by atoms with Crippen molar-refractivity contribution in [1.29, 1.82) is 0 Å². The minimum Gasteiger partial charge on any atom is -0.505 e. The van der Waals surface area contributed by atoms with Gasteiger partial charge in [0.15, 0.2) is 11.6 Å². The van der Waals surface area contributed by atoms with Crippen LogP contribution in [0, 0.1) is 23.6 Å². The normalized spacial score (nSPS) is 26.8. The number of carbonyl (C=O) groups excluding carboxylic acids is 2. The standard InChI is InChI=1S/C35H42BFN2O5/c1-3-25-19-27-33(35(42)39(34(27)41)26-13-15-38(16-14-26)21-23-7-5-4-6-8-23)28-20-36(43)44-31(32(25)28)12-9-22(2)17-24-10-11-30(40)29(37)18-24/h4-8,10-11,17-18,26-28,31,33,40,43H,3,9,12-16,19-21H2,1-2H3/b22-17+/t27-,28+,31-,33-/m1/s1. The van der Waals surface area contributed by atoms with E-state index in [4.69, 9.17) is 4.65 Å². The summed E-state index contributed by atoms with van der Waals surface area (Å²) in [5, 5.41) is 20.3. The van der Waals surface area contributed by atoms with Crippen LogP contribution in [-0.4, -0.2) is 64.1 Å². The summed E-state index contributed by atoms with van der Waals surface area (Å²) in [7, 11) is -1.00. The smallest absolute Gasteiger partial charge is 0.455 e. The third kappa shape index (κ3) is 6.15. The van der Waals surface area contributed by atoms with Gasteiger partial charge in [0.25, 0.3) is 0 Å². The van der Waals surface area contributed by atoms with E-state index in [-0.39, 0.29) is 41.5 Å². The van der Waals surface area contributed by atoms with Crippen molar-refractivity contribution in [2.45, 2.75) is 77.4 Å². The molecule has 9 heteroatoms. The van der Waals surface area contributed by atoms with Gasteiger partial charge in [-0.25, -0.2) is 4.39 Å². The lowest BCUT2D eigenvalue weighted by Gasteiger charge is -2.43. The molecule has 0 radical (unpaired) electrons. The highest BCUT2D eigenvalue weighted by molar-refractivity contribution is 6.43. The molecule has 7 nitrogen and oxygen atoms in total. The lowest BCUT2D eigenvalue weighted by atomic mass is 9.58. The van der Waals surface area contributed by atoms with Crippen LogP contribution < -0.4 is 0 Å². The van der Waals surface area contributed by atoms with E-state index in [9.17, 15) is 24.1 Å². The van der Waals surface area contributed by atoms with E-state index in [1.165, 1.54) is 23.3 Å². The van der Waals surface area contributed by atoms with Crippen LogP contribution in [0.5, 0.6) is 5.75 Å². The number of amides is 2. The number of likely N-dealkylation sites (tertiary alicyclic amines) is 2. The van der Waals surface area contributed by atoms with Gasteiger partial charge >= 0.3 is 7.12 Å². The maximum atomic E-state index is 14.1. The monoisotopic (exact) mass is 600 g/mol. The van der Waals surface area contributed by atoms with Crippen LogP contribution in [0.3, 0.4) is 0 Å². The highest BCUT2D eigenvalue weighted by atomic mass is 19.1. The minimum atomic E-state index is -1.00. The Balaban J connectivity index is 1.15. The van der Waals surface area contributed by atoms with Crippen molar-refractivity contribution < 1.29 is 28.8 Å².